The lowest BCUT2D eigenvalue weighted by atomic mass is 9.87. The molecule has 1 aromatic heterocycles. The van der Waals surface area contributed by atoms with Gasteiger partial charge in [-0.05, 0) is 67.1 Å². The number of nitrogens with zero attached hydrogens (tertiary/aromatic N) is 5. The Morgan fingerprint density at radius 2 is 1.85 bits per heavy atom. The van der Waals surface area contributed by atoms with Gasteiger partial charge in [0, 0.05) is 50.9 Å². The van der Waals surface area contributed by atoms with Crippen LogP contribution in [0.15, 0.2) is 42.6 Å². The van der Waals surface area contributed by atoms with Gasteiger partial charge >= 0.3 is 0 Å². The van der Waals surface area contributed by atoms with E-state index in [4.69, 9.17) is 4.74 Å². The lowest BCUT2D eigenvalue weighted by Crippen LogP contribution is -2.49. The average Bonchev–Trinajstić information content (AvgIpc) is 3.30. The van der Waals surface area contributed by atoms with Gasteiger partial charge in [0.15, 0.2) is 0 Å². The van der Waals surface area contributed by atoms with Gasteiger partial charge in [0.05, 0.1) is 17.8 Å². The van der Waals surface area contributed by atoms with Gasteiger partial charge in [0.1, 0.15) is 23.4 Å². The Kier molecular flexibility index (Phi) is 7.58. The van der Waals surface area contributed by atoms with E-state index < -0.39 is 0 Å². The van der Waals surface area contributed by atoms with Gasteiger partial charge in [-0.2, -0.15) is 5.26 Å². The Morgan fingerprint density at radius 1 is 1.00 bits per heavy atom. The van der Waals surface area contributed by atoms with E-state index in [0.717, 1.165) is 41.2 Å². The van der Waals surface area contributed by atoms with Crippen molar-refractivity contribution in [2.24, 2.45) is 5.92 Å². The molecule has 0 spiro atoms. The molecule has 7 rings (SSSR count). The molecule has 1 saturated carbocycles. The molecule has 1 unspecified atom stereocenters. The standard InChI is InChI=1S/C33H35N5O2/c1-24-35-19-30-22-36-14-15-37(33(39)23-36)21-29-17-31(13-12-27(29)9-5-8-25-6-3-2-4-7-25)40-32-16-26(20-38(24)30)10-11-28(32)18-34/h10-13,16-17,19,25H,2-4,6-8,14-15,20-23H2,1H3. The predicted molar refractivity (Wildman–Crippen MR) is 153 cm³/mol. The number of rotatable bonds is 1. The number of carbonyl (C=O) groups is 1. The van der Waals surface area contributed by atoms with Gasteiger partial charge in [-0.15, -0.1) is 0 Å². The number of aromatic nitrogens is 2. The molecule has 2 fully saturated rings. The first kappa shape index (κ1) is 26.2. The Bertz CT molecular complexity index is 1520. The SMILES string of the molecule is Cc1ncc2n1Cc1ccc(C#N)c(c1)Oc1ccc(C#CCC3CCCCC3)c(c1)CN1CCN(CC1=O)C2. The highest BCUT2D eigenvalue weighted by atomic mass is 16.5. The molecule has 7 heteroatoms. The molecule has 40 heavy (non-hydrogen) atoms. The lowest BCUT2D eigenvalue weighted by Gasteiger charge is -2.34. The molecule has 1 saturated heterocycles. The van der Waals surface area contributed by atoms with Gasteiger partial charge in [0.2, 0.25) is 5.91 Å². The van der Waals surface area contributed by atoms with Gasteiger partial charge < -0.3 is 14.2 Å². The number of amides is 1. The Labute approximate surface area is 236 Å². The highest BCUT2D eigenvalue weighted by molar-refractivity contribution is 5.79. The number of ether oxygens (including phenoxy) is 1. The molecular formula is C33H35N5O2. The summed E-state index contributed by atoms with van der Waals surface area (Å²) in [5, 5.41) is 9.78. The van der Waals surface area contributed by atoms with Crippen LogP contribution in [0.2, 0.25) is 0 Å². The van der Waals surface area contributed by atoms with Gasteiger partial charge in [-0.25, -0.2) is 4.98 Å². The number of benzene rings is 2. The molecule has 4 aliphatic rings. The van der Waals surface area contributed by atoms with E-state index in [1.54, 1.807) is 0 Å². The fraction of sp³-hybridized carbons (Fsp3) is 0.424. The summed E-state index contributed by atoms with van der Waals surface area (Å²) in [4.78, 5) is 22.0. The van der Waals surface area contributed by atoms with E-state index in [-0.39, 0.29) is 5.91 Å². The van der Waals surface area contributed by atoms with E-state index in [1.807, 2.05) is 54.4 Å². The van der Waals surface area contributed by atoms with Crippen LogP contribution in [-0.2, 0) is 24.4 Å². The second kappa shape index (κ2) is 11.6. The van der Waals surface area contributed by atoms with E-state index in [1.165, 1.54) is 32.1 Å². The number of piperazine rings is 1. The fourth-order valence-electron chi connectivity index (χ4n) is 6.07. The van der Waals surface area contributed by atoms with Crippen LogP contribution >= 0.6 is 0 Å². The molecule has 7 nitrogen and oxygen atoms in total. The smallest absolute Gasteiger partial charge is 0.237 e. The number of aryl methyl sites for hydroxylation is 1. The fourth-order valence-corrected chi connectivity index (χ4v) is 6.07. The third kappa shape index (κ3) is 5.76. The maximum atomic E-state index is 13.3. The molecule has 204 valence electrons. The summed E-state index contributed by atoms with van der Waals surface area (Å²) in [7, 11) is 0. The first-order valence-corrected chi connectivity index (χ1v) is 14.4. The number of nitriles is 1. The maximum absolute atomic E-state index is 13.3. The predicted octanol–water partition coefficient (Wildman–Crippen LogP) is 5.38. The third-order valence-corrected chi connectivity index (χ3v) is 8.43. The normalized spacial score (nSPS) is 19.2. The monoisotopic (exact) mass is 533 g/mol. The highest BCUT2D eigenvalue weighted by Gasteiger charge is 2.26. The zero-order valence-electron chi connectivity index (χ0n) is 23.2. The number of hydrogen-bond donors (Lipinski definition) is 0. The van der Waals surface area contributed by atoms with Crippen molar-refractivity contribution in [3.63, 3.8) is 0 Å². The van der Waals surface area contributed by atoms with Crippen molar-refractivity contribution in [1.29, 1.82) is 5.26 Å². The zero-order chi connectivity index (χ0) is 27.5. The summed E-state index contributed by atoms with van der Waals surface area (Å²) in [5.74, 6) is 9.75. The molecule has 2 aromatic carbocycles. The summed E-state index contributed by atoms with van der Waals surface area (Å²) >= 11 is 0. The highest BCUT2D eigenvalue weighted by Crippen LogP contribution is 2.30. The second-order valence-corrected chi connectivity index (χ2v) is 11.3. The number of fused-ring (bicyclic) bond motifs is 2. The topological polar surface area (TPSA) is 74.4 Å². The molecular weight excluding hydrogens is 498 g/mol. The van der Waals surface area contributed by atoms with Crippen LogP contribution in [-0.4, -0.2) is 44.9 Å². The number of hydrogen-bond acceptors (Lipinski definition) is 5. The van der Waals surface area contributed by atoms with Crippen molar-refractivity contribution in [2.45, 2.75) is 65.1 Å². The Hall–Kier alpha value is -4.07. The van der Waals surface area contributed by atoms with Crippen molar-refractivity contribution in [2.75, 3.05) is 19.6 Å². The average molecular weight is 534 g/mol. The van der Waals surface area contributed by atoms with E-state index in [9.17, 15) is 10.1 Å². The molecule has 0 N–H and O–H groups in total. The minimum absolute atomic E-state index is 0.116. The lowest BCUT2D eigenvalue weighted by molar-refractivity contribution is -0.136. The number of carbonyl (C=O) groups excluding carboxylic acids is 1. The summed E-state index contributed by atoms with van der Waals surface area (Å²) < 4.78 is 8.51. The largest absolute Gasteiger partial charge is 0.456 e. The molecule has 4 heterocycles. The van der Waals surface area contributed by atoms with Gasteiger partial charge in [0.25, 0.3) is 0 Å². The van der Waals surface area contributed by atoms with Crippen LogP contribution in [0.3, 0.4) is 0 Å². The van der Waals surface area contributed by atoms with Crippen molar-refractivity contribution >= 4 is 5.91 Å². The van der Waals surface area contributed by atoms with Crippen LogP contribution in [0.4, 0.5) is 0 Å². The minimum Gasteiger partial charge on any atom is -0.456 e. The van der Waals surface area contributed by atoms with Crippen LogP contribution in [0, 0.1) is 36.0 Å². The second-order valence-electron chi connectivity index (χ2n) is 11.3. The quantitative estimate of drug-likeness (QED) is 0.393. The minimum atomic E-state index is 0.116. The van der Waals surface area contributed by atoms with Crippen LogP contribution in [0.5, 0.6) is 11.5 Å². The molecule has 1 atom stereocenters. The van der Waals surface area contributed by atoms with Crippen LogP contribution < -0.4 is 4.74 Å². The van der Waals surface area contributed by atoms with Crippen molar-refractivity contribution in [1.82, 2.24) is 19.4 Å². The van der Waals surface area contributed by atoms with Crippen molar-refractivity contribution in [3.8, 4) is 29.4 Å². The summed E-state index contributed by atoms with van der Waals surface area (Å²) in [5.41, 5.74) is 4.49. The van der Waals surface area contributed by atoms with Crippen molar-refractivity contribution < 1.29 is 9.53 Å². The maximum Gasteiger partial charge on any atom is 0.237 e. The van der Waals surface area contributed by atoms with Crippen LogP contribution in [0.25, 0.3) is 0 Å². The first-order valence-electron chi connectivity index (χ1n) is 14.4. The van der Waals surface area contributed by atoms with E-state index >= 15 is 0 Å². The van der Waals surface area contributed by atoms with E-state index in [0.29, 0.717) is 55.7 Å². The van der Waals surface area contributed by atoms with Crippen molar-refractivity contribution in [3.05, 3.63) is 76.4 Å². The summed E-state index contributed by atoms with van der Waals surface area (Å²) in [6, 6.07) is 13.9. The molecule has 1 aliphatic carbocycles. The van der Waals surface area contributed by atoms with E-state index in [2.05, 4.69) is 32.4 Å². The van der Waals surface area contributed by atoms with Gasteiger partial charge in [-0.1, -0.05) is 37.2 Å². The number of imidazole rings is 1. The molecule has 6 bridgehead atoms. The molecule has 1 amide bonds. The summed E-state index contributed by atoms with van der Waals surface area (Å²) in [6.07, 6.45) is 9.33. The molecule has 0 radical (unpaired) electrons. The van der Waals surface area contributed by atoms with Gasteiger partial charge in [-0.3, -0.25) is 9.69 Å². The Morgan fingerprint density at radius 3 is 2.67 bits per heavy atom. The molecule has 3 aliphatic heterocycles. The summed E-state index contributed by atoms with van der Waals surface area (Å²) in [6.45, 7) is 5.58. The van der Waals surface area contributed by atoms with Crippen LogP contribution in [0.1, 0.15) is 72.3 Å². The zero-order valence-corrected chi connectivity index (χ0v) is 23.2. The first-order chi connectivity index (χ1) is 19.6. The Balaban J connectivity index is 1.36. The molecule has 3 aromatic rings. The third-order valence-electron chi connectivity index (χ3n) is 8.43.